The number of aryl methyl sites for hydroxylation is 1. The molecule has 0 radical (unpaired) electrons. The molecule has 1 fully saturated rings. The molecule has 0 unspecified atom stereocenters. The molecule has 2 rings (SSSR count). The van der Waals surface area contributed by atoms with Crippen LogP contribution >= 0.6 is 40.7 Å². The molecule has 2 nitrogen and oxygen atoms in total. The third-order valence-corrected chi connectivity index (χ3v) is 4.88. The molecule has 1 N–H and O–H groups in total. The van der Waals surface area contributed by atoms with E-state index in [1.54, 1.807) is 0 Å². The van der Waals surface area contributed by atoms with E-state index in [0.29, 0.717) is 6.04 Å². The van der Waals surface area contributed by atoms with Crippen molar-refractivity contribution < 1.29 is 0 Å². The van der Waals surface area contributed by atoms with Crippen LogP contribution in [0, 0.1) is 6.92 Å². The standard InChI is InChI=1S/C17H27BrN2.2ClH/c1-3-4-5-6-17(20-11-9-19-10-12-20)15-8-7-14(2)13-16(15)18;;/h7-8,13,17,19H,3-6,9-12H2,1-2H3;2*1H/t17-;;/m1../s1. The van der Waals surface area contributed by atoms with Crippen LogP contribution in [0.4, 0.5) is 0 Å². The van der Waals surface area contributed by atoms with Crippen molar-refractivity contribution in [2.75, 3.05) is 26.2 Å². The smallest absolute Gasteiger partial charge is 0.0360 e. The fourth-order valence-corrected chi connectivity index (χ4v) is 3.78. The number of halogens is 3. The molecule has 5 heteroatoms. The lowest BCUT2D eigenvalue weighted by molar-refractivity contribution is 0.162. The van der Waals surface area contributed by atoms with Crippen molar-refractivity contribution in [3.05, 3.63) is 33.8 Å². The van der Waals surface area contributed by atoms with Gasteiger partial charge in [-0.1, -0.05) is 54.2 Å². The Hall–Kier alpha value is 0.200. The second kappa shape index (κ2) is 11.7. The maximum atomic E-state index is 3.78. The molecule has 0 aliphatic carbocycles. The molecule has 0 spiro atoms. The minimum Gasteiger partial charge on any atom is -0.314 e. The van der Waals surface area contributed by atoms with E-state index < -0.39 is 0 Å². The summed E-state index contributed by atoms with van der Waals surface area (Å²) in [5.41, 5.74) is 2.79. The highest BCUT2D eigenvalue weighted by Crippen LogP contribution is 2.32. The number of piperazine rings is 1. The highest BCUT2D eigenvalue weighted by atomic mass is 79.9. The van der Waals surface area contributed by atoms with E-state index in [1.807, 2.05) is 0 Å². The lowest BCUT2D eigenvalue weighted by Crippen LogP contribution is -2.45. The number of nitrogens with one attached hydrogen (secondary N) is 1. The minimum atomic E-state index is 0. The van der Waals surface area contributed by atoms with E-state index in [4.69, 9.17) is 0 Å². The molecule has 0 saturated carbocycles. The Balaban J connectivity index is 0.00000220. The SMILES string of the molecule is CCCCC[C@H](c1ccc(C)cc1Br)N1CCNCC1.Cl.Cl. The van der Waals surface area contributed by atoms with Crippen LogP contribution in [0.25, 0.3) is 0 Å². The lowest BCUT2D eigenvalue weighted by atomic mass is 9.97. The largest absolute Gasteiger partial charge is 0.314 e. The maximum absolute atomic E-state index is 3.78. The molecule has 1 aromatic carbocycles. The Kier molecular flexibility index (Phi) is 11.8. The molecule has 1 aliphatic rings. The van der Waals surface area contributed by atoms with Crippen molar-refractivity contribution in [2.24, 2.45) is 0 Å². The second-order valence-corrected chi connectivity index (χ2v) is 6.68. The molecule has 128 valence electrons. The summed E-state index contributed by atoms with van der Waals surface area (Å²) >= 11 is 3.78. The van der Waals surface area contributed by atoms with Crippen LogP contribution in [-0.2, 0) is 0 Å². The quantitative estimate of drug-likeness (QED) is 0.652. The summed E-state index contributed by atoms with van der Waals surface area (Å²) in [6, 6.07) is 7.39. The molecule has 22 heavy (non-hydrogen) atoms. The molecule has 1 heterocycles. The van der Waals surface area contributed by atoms with E-state index in [2.05, 4.69) is 58.2 Å². The maximum Gasteiger partial charge on any atom is 0.0360 e. The van der Waals surface area contributed by atoms with Gasteiger partial charge in [-0.2, -0.15) is 0 Å². The third-order valence-electron chi connectivity index (χ3n) is 4.19. The summed E-state index contributed by atoms with van der Waals surface area (Å²) in [6.07, 6.45) is 5.23. The van der Waals surface area contributed by atoms with Gasteiger partial charge < -0.3 is 5.32 Å². The first-order chi connectivity index (χ1) is 9.72. The van der Waals surface area contributed by atoms with E-state index in [1.165, 1.54) is 41.3 Å². The van der Waals surface area contributed by atoms with Crippen LogP contribution in [0.15, 0.2) is 22.7 Å². The average molecular weight is 412 g/mol. The van der Waals surface area contributed by atoms with Crippen molar-refractivity contribution in [2.45, 2.75) is 45.6 Å². The molecule has 0 bridgehead atoms. The predicted octanol–water partition coefficient (Wildman–Crippen LogP) is 5.13. The summed E-state index contributed by atoms with van der Waals surface area (Å²) in [6.45, 7) is 9.00. The normalized spacial score (nSPS) is 16.5. The van der Waals surface area contributed by atoms with Gasteiger partial charge in [0.15, 0.2) is 0 Å². The average Bonchev–Trinajstić information content (AvgIpc) is 2.46. The summed E-state index contributed by atoms with van der Waals surface area (Å²) in [4.78, 5) is 2.65. The van der Waals surface area contributed by atoms with Crippen LogP contribution < -0.4 is 5.32 Å². The van der Waals surface area contributed by atoms with E-state index in [9.17, 15) is 0 Å². The van der Waals surface area contributed by atoms with Gasteiger partial charge in [0.05, 0.1) is 0 Å². The Morgan fingerprint density at radius 3 is 2.45 bits per heavy atom. The van der Waals surface area contributed by atoms with Crippen LogP contribution in [-0.4, -0.2) is 31.1 Å². The van der Waals surface area contributed by atoms with Gasteiger partial charge in [-0.25, -0.2) is 0 Å². The number of nitrogens with zero attached hydrogens (tertiary/aromatic N) is 1. The van der Waals surface area contributed by atoms with Gasteiger partial charge in [0.25, 0.3) is 0 Å². The number of benzene rings is 1. The Bertz CT molecular complexity index is 423. The summed E-state index contributed by atoms with van der Waals surface area (Å²) < 4.78 is 1.28. The molecule has 0 amide bonds. The van der Waals surface area contributed by atoms with Gasteiger partial charge in [0.1, 0.15) is 0 Å². The molecule has 0 aromatic heterocycles. The third kappa shape index (κ3) is 6.37. The number of unbranched alkanes of at least 4 members (excludes halogenated alkanes) is 2. The molecular weight excluding hydrogens is 383 g/mol. The Morgan fingerprint density at radius 2 is 1.86 bits per heavy atom. The van der Waals surface area contributed by atoms with Crippen LogP contribution in [0.3, 0.4) is 0 Å². The first-order valence-corrected chi connectivity index (χ1v) is 8.72. The Morgan fingerprint density at radius 1 is 1.18 bits per heavy atom. The van der Waals surface area contributed by atoms with E-state index in [0.717, 1.165) is 26.2 Å². The van der Waals surface area contributed by atoms with Gasteiger partial charge in [-0.15, -0.1) is 24.8 Å². The fraction of sp³-hybridized carbons (Fsp3) is 0.647. The molecular formula is C17H29BrCl2N2. The first-order valence-electron chi connectivity index (χ1n) is 7.93. The van der Waals surface area contributed by atoms with Gasteiger partial charge in [0, 0.05) is 36.7 Å². The van der Waals surface area contributed by atoms with Crippen molar-refractivity contribution >= 4 is 40.7 Å². The Labute approximate surface area is 156 Å². The molecule has 1 saturated heterocycles. The zero-order valence-electron chi connectivity index (χ0n) is 13.6. The summed E-state index contributed by atoms with van der Waals surface area (Å²) in [5, 5.41) is 3.46. The van der Waals surface area contributed by atoms with E-state index >= 15 is 0 Å². The minimum absolute atomic E-state index is 0. The van der Waals surface area contributed by atoms with Gasteiger partial charge >= 0.3 is 0 Å². The predicted molar refractivity (Wildman–Crippen MR) is 105 cm³/mol. The summed E-state index contributed by atoms with van der Waals surface area (Å²) in [5.74, 6) is 0. The molecule has 1 aliphatic heterocycles. The van der Waals surface area contributed by atoms with Gasteiger partial charge in [0.2, 0.25) is 0 Å². The molecule has 1 aromatic rings. The number of hydrogen-bond donors (Lipinski definition) is 1. The van der Waals surface area contributed by atoms with E-state index in [-0.39, 0.29) is 24.8 Å². The van der Waals surface area contributed by atoms with Crippen LogP contribution in [0.2, 0.25) is 0 Å². The highest BCUT2D eigenvalue weighted by Gasteiger charge is 2.23. The zero-order valence-corrected chi connectivity index (χ0v) is 16.8. The summed E-state index contributed by atoms with van der Waals surface area (Å²) in [7, 11) is 0. The van der Waals surface area contributed by atoms with Crippen molar-refractivity contribution in [3.8, 4) is 0 Å². The van der Waals surface area contributed by atoms with Crippen molar-refractivity contribution in [3.63, 3.8) is 0 Å². The molecule has 1 atom stereocenters. The monoisotopic (exact) mass is 410 g/mol. The van der Waals surface area contributed by atoms with Crippen LogP contribution in [0.1, 0.15) is 49.8 Å². The number of rotatable bonds is 6. The fourth-order valence-electron chi connectivity index (χ4n) is 3.02. The van der Waals surface area contributed by atoms with Gasteiger partial charge in [-0.3, -0.25) is 4.90 Å². The zero-order chi connectivity index (χ0) is 14.4. The lowest BCUT2D eigenvalue weighted by Gasteiger charge is -2.36. The van der Waals surface area contributed by atoms with Crippen LogP contribution in [0.5, 0.6) is 0 Å². The topological polar surface area (TPSA) is 15.3 Å². The van der Waals surface area contributed by atoms with Gasteiger partial charge in [-0.05, 0) is 30.5 Å². The highest BCUT2D eigenvalue weighted by molar-refractivity contribution is 9.10. The second-order valence-electron chi connectivity index (χ2n) is 5.82. The van der Waals surface area contributed by atoms with Crippen molar-refractivity contribution in [1.29, 1.82) is 0 Å². The van der Waals surface area contributed by atoms with Crippen molar-refractivity contribution in [1.82, 2.24) is 10.2 Å². The number of hydrogen-bond acceptors (Lipinski definition) is 2. The first kappa shape index (κ1) is 22.2.